The lowest BCUT2D eigenvalue weighted by atomic mass is 10.0. The Hall–Kier alpha value is -1.10. The van der Waals surface area contributed by atoms with Crippen molar-refractivity contribution in [2.24, 2.45) is 11.7 Å². The highest BCUT2D eigenvalue weighted by Crippen LogP contribution is 2.30. The zero-order chi connectivity index (χ0) is 14.6. The molecule has 0 spiro atoms. The molecular formula is C14H24N4S. The maximum Gasteiger partial charge on any atom is 0.130 e. The number of hydrogen-bond donors (Lipinski definition) is 2. The van der Waals surface area contributed by atoms with Gasteiger partial charge in [0, 0.05) is 5.25 Å². The zero-order valence-corrected chi connectivity index (χ0v) is 13.3. The quantitative estimate of drug-likeness (QED) is 0.477. The van der Waals surface area contributed by atoms with Gasteiger partial charge in [0.25, 0.3) is 0 Å². The molecule has 1 rings (SSSR count). The maximum atomic E-state index is 7.84. The third-order valence-electron chi connectivity index (χ3n) is 3.32. The normalized spacial score (nSPS) is 12.7. The van der Waals surface area contributed by atoms with Crippen molar-refractivity contribution in [1.82, 2.24) is 10.2 Å². The average Bonchev–Trinajstić information content (AvgIpc) is 2.37. The fraction of sp³-hybridized carbons (Fsp3) is 0.643. The highest BCUT2D eigenvalue weighted by Gasteiger charge is 2.20. The van der Waals surface area contributed by atoms with Gasteiger partial charge < -0.3 is 5.73 Å². The molecule has 1 aromatic heterocycles. The van der Waals surface area contributed by atoms with E-state index in [4.69, 9.17) is 11.1 Å². The van der Waals surface area contributed by atoms with Gasteiger partial charge in [0.05, 0.1) is 11.3 Å². The van der Waals surface area contributed by atoms with E-state index in [1.165, 1.54) is 0 Å². The largest absolute Gasteiger partial charge is 0.384 e. The average molecular weight is 280 g/mol. The molecule has 0 aliphatic carbocycles. The first-order valence-corrected chi connectivity index (χ1v) is 7.69. The van der Waals surface area contributed by atoms with Gasteiger partial charge in [-0.25, -0.2) is 0 Å². The SMILES string of the molecule is CCc1nnc(SC(C)C(C)C)c(C(=N)N)c1CC. The van der Waals surface area contributed by atoms with Crippen LogP contribution in [-0.4, -0.2) is 21.3 Å². The fourth-order valence-electron chi connectivity index (χ4n) is 1.83. The molecule has 0 saturated carbocycles. The Bertz CT molecular complexity index is 457. The van der Waals surface area contributed by atoms with Gasteiger partial charge in [0.2, 0.25) is 0 Å². The molecule has 1 atom stereocenters. The standard InChI is InChI=1S/C14H24N4S/c1-6-10-11(7-2)17-18-14(12(10)13(15)16)19-9(5)8(3)4/h8-9H,6-7H2,1-5H3,(H3,15,16). The van der Waals surface area contributed by atoms with E-state index in [2.05, 4.69) is 44.8 Å². The van der Waals surface area contributed by atoms with Gasteiger partial charge in [0.1, 0.15) is 10.9 Å². The highest BCUT2D eigenvalue weighted by atomic mass is 32.2. The third-order valence-corrected chi connectivity index (χ3v) is 4.74. The summed E-state index contributed by atoms with van der Waals surface area (Å²) in [6, 6.07) is 0. The second kappa shape index (κ2) is 6.89. The predicted molar refractivity (Wildman–Crippen MR) is 82.0 cm³/mol. The molecule has 0 fully saturated rings. The van der Waals surface area contributed by atoms with E-state index in [1.54, 1.807) is 11.8 Å². The molecule has 0 aliphatic heterocycles. The molecule has 0 aromatic carbocycles. The molecular weight excluding hydrogens is 256 g/mol. The number of aromatic nitrogens is 2. The summed E-state index contributed by atoms with van der Waals surface area (Å²) < 4.78 is 0. The van der Waals surface area contributed by atoms with E-state index in [-0.39, 0.29) is 5.84 Å². The second-order valence-corrected chi connectivity index (χ2v) is 6.36. The van der Waals surface area contributed by atoms with Crippen molar-refractivity contribution in [2.75, 3.05) is 0 Å². The minimum absolute atomic E-state index is 0.0971. The molecule has 19 heavy (non-hydrogen) atoms. The summed E-state index contributed by atoms with van der Waals surface area (Å²) in [6.45, 7) is 10.7. The zero-order valence-electron chi connectivity index (χ0n) is 12.4. The number of hydrogen-bond acceptors (Lipinski definition) is 4. The maximum absolute atomic E-state index is 7.84. The molecule has 1 heterocycles. The molecule has 0 amide bonds. The highest BCUT2D eigenvalue weighted by molar-refractivity contribution is 7.99. The molecule has 1 aromatic rings. The predicted octanol–water partition coefficient (Wildman–Crippen LogP) is 3.02. The molecule has 3 N–H and O–H groups in total. The van der Waals surface area contributed by atoms with Crippen molar-refractivity contribution in [3.05, 3.63) is 16.8 Å². The minimum atomic E-state index is 0.0971. The van der Waals surface area contributed by atoms with E-state index < -0.39 is 0 Å². The van der Waals surface area contributed by atoms with Crippen molar-refractivity contribution in [3.8, 4) is 0 Å². The van der Waals surface area contributed by atoms with Gasteiger partial charge in [-0.2, -0.15) is 5.10 Å². The molecule has 4 nitrogen and oxygen atoms in total. The van der Waals surface area contributed by atoms with Crippen LogP contribution < -0.4 is 5.73 Å². The lowest BCUT2D eigenvalue weighted by Crippen LogP contribution is -2.20. The number of thioether (sulfide) groups is 1. The summed E-state index contributed by atoms with van der Waals surface area (Å²) in [6.07, 6.45) is 1.65. The summed E-state index contributed by atoms with van der Waals surface area (Å²) in [7, 11) is 0. The Morgan fingerprint density at radius 2 is 1.84 bits per heavy atom. The van der Waals surface area contributed by atoms with Crippen LogP contribution in [-0.2, 0) is 12.8 Å². The van der Waals surface area contributed by atoms with Gasteiger partial charge in [-0.3, -0.25) is 5.41 Å². The van der Waals surface area contributed by atoms with E-state index in [1.807, 2.05) is 0 Å². The van der Waals surface area contributed by atoms with Crippen LogP contribution >= 0.6 is 11.8 Å². The first-order valence-electron chi connectivity index (χ1n) is 6.81. The van der Waals surface area contributed by atoms with E-state index in [0.29, 0.717) is 11.2 Å². The minimum Gasteiger partial charge on any atom is -0.384 e. The fourth-order valence-corrected chi connectivity index (χ4v) is 2.89. The first kappa shape index (κ1) is 16.0. The van der Waals surface area contributed by atoms with Gasteiger partial charge in [-0.15, -0.1) is 16.9 Å². The Morgan fingerprint density at radius 1 is 1.21 bits per heavy atom. The van der Waals surface area contributed by atoms with Crippen molar-refractivity contribution in [3.63, 3.8) is 0 Å². The summed E-state index contributed by atoms with van der Waals surface area (Å²) in [4.78, 5) is 0. The van der Waals surface area contributed by atoms with Gasteiger partial charge in [0.15, 0.2) is 0 Å². The van der Waals surface area contributed by atoms with Gasteiger partial charge in [-0.1, -0.05) is 34.6 Å². The second-order valence-electron chi connectivity index (χ2n) is 4.99. The van der Waals surface area contributed by atoms with Crippen LogP contribution in [0.25, 0.3) is 0 Å². The topological polar surface area (TPSA) is 75.7 Å². The van der Waals surface area contributed by atoms with E-state index >= 15 is 0 Å². The molecule has 0 radical (unpaired) electrons. The Balaban J connectivity index is 3.28. The first-order chi connectivity index (χ1) is 8.92. The van der Waals surface area contributed by atoms with Crippen LogP contribution in [0.3, 0.4) is 0 Å². The van der Waals surface area contributed by atoms with Crippen LogP contribution in [0, 0.1) is 11.3 Å². The van der Waals surface area contributed by atoms with Crippen molar-refractivity contribution in [1.29, 1.82) is 5.41 Å². The van der Waals surface area contributed by atoms with Crippen LogP contribution in [0.1, 0.15) is 51.4 Å². The Morgan fingerprint density at radius 3 is 2.26 bits per heavy atom. The molecule has 0 bridgehead atoms. The van der Waals surface area contributed by atoms with Crippen LogP contribution in [0.4, 0.5) is 0 Å². The summed E-state index contributed by atoms with van der Waals surface area (Å²) in [5, 5.41) is 17.6. The Labute approximate surface area is 120 Å². The number of aryl methyl sites for hydroxylation is 1. The van der Waals surface area contributed by atoms with Crippen molar-refractivity contribution >= 4 is 17.6 Å². The molecule has 106 valence electrons. The van der Waals surface area contributed by atoms with Crippen molar-refractivity contribution in [2.45, 2.75) is 57.7 Å². The van der Waals surface area contributed by atoms with Crippen molar-refractivity contribution < 1.29 is 0 Å². The molecule has 5 heteroatoms. The molecule has 0 saturated heterocycles. The summed E-state index contributed by atoms with van der Waals surface area (Å²) >= 11 is 1.66. The smallest absolute Gasteiger partial charge is 0.130 e. The Kier molecular flexibility index (Phi) is 5.79. The number of nitrogen functional groups attached to an aromatic ring is 1. The lowest BCUT2D eigenvalue weighted by molar-refractivity contribution is 0.640. The number of nitrogens with two attached hydrogens (primary N) is 1. The van der Waals surface area contributed by atoms with Crippen LogP contribution in [0.5, 0.6) is 0 Å². The molecule has 0 aliphatic rings. The van der Waals surface area contributed by atoms with Crippen LogP contribution in [0.15, 0.2) is 5.03 Å². The van der Waals surface area contributed by atoms with Gasteiger partial charge in [-0.05, 0) is 24.3 Å². The number of nitrogens with zero attached hydrogens (tertiary/aromatic N) is 2. The summed E-state index contributed by atoms with van der Waals surface area (Å²) in [5.74, 6) is 0.641. The molecule has 1 unspecified atom stereocenters. The lowest BCUT2D eigenvalue weighted by Gasteiger charge is -2.18. The van der Waals surface area contributed by atoms with E-state index in [9.17, 15) is 0 Å². The third kappa shape index (κ3) is 3.69. The van der Waals surface area contributed by atoms with E-state index in [0.717, 1.165) is 34.7 Å². The van der Waals surface area contributed by atoms with Crippen LogP contribution in [0.2, 0.25) is 0 Å². The number of amidine groups is 1. The number of nitrogens with one attached hydrogen (secondary N) is 1. The number of rotatable bonds is 6. The monoisotopic (exact) mass is 280 g/mol. The van der Waals surface area contributed by atoms with Gasteiger partial charge >= 0.3 is 0 Å². The summed E-state index contributed by atoms with van der Waals surface area (Å²) in [5.41, 5.74) is 8.58.